The van der Waals surface area contributed by atoms with Gasteiger partial charge in [0, 0.05) is 11.3 Å². The van der Waals surface area contributed by atoms with E-state index in [1.165, 1.54) is 40.5 Å². The lowest BCUT2D eigenvalue weighted by molar-refractivity contribution is -0.117. The number of anilines is 1. The second kappa shape index (κ2) is 8.39. The van der Waals surface area contributed by atoms with Crippen molar-refractivity contribution in [2.24, 2.45) is 0 Å². The summed E-state index contributed by atoms with van der Waals surface area (Å²) in [4.78, 5) is 32.9. The van der Waals surface area contributed by atoms with E-state index in [0.717, 1.165) is 5.56 Å². The number of aliphatic hydroxyl groups is 1. The van der Waals surface area contributed by atoms with Gasteiger partial charge in [-0.25, -0.2) is 9.37 Å². The number of aliphatic hydroxyl groups excluding tert-OH is 1. The molecule has 34 heavy (non-hydrogen) atoms. The minimum Gasteiger partial charge on any atom is -0.503 e. The summed E-state index contributed by atoms with van der Waals surface area (Å²) in [6, 6.07) is 17.1. The molecule has 1 N–H and O–H groups in total. The van der Waals surface area contributed by atoms with Crippen LogP contribution in [0, 0.1) is 19.7 Å². The van der Waals surface area contributed by atoms with Crippen molar-refractivity contribution < 1.29 is 23.5 Å². The first kappa shape index (κ1) is 21.8. The van der Waals surface area contributed by atoms with Crippen molar-refractivity contribution >= 4 is 28.7 Å². The summed E-state index contributed by atoms with van der Waals surface area (Å²) in [6.45, 7) is 3.44. The maximum atomic E-state index is 14.0. The molecule has 1 amide bonds. The largest absolute Gasteiger partial charge is 0.503 e. The third-order valence-electron chi connectivity index (χ3n) is 5.59. The third kappa shape index (κ3) is 3.62. The molecular weight excluding hydrogens is 455 g/mol. The Morgan fingerprint density at radius 1 is 1.09 bits per heavy atom. The molecule has 0 radical (unpaired) electrons. The average Bonchev–Trinajstić information content (AvgIpc) is 3.50. The Balaban J connectivity index is 1.63. The first-order valence-electron chi connectivity index (χ1n) is 10.5. The van der Waals surface area contributed by atoms with Crippen LogP contribution in [0.2, 0.25) is 0 Å². The van der Waals surface area contributed by atoms with Crippen LogP contribution in [0.3, 0.4) is 0 Å². The number of halogens is 1. The van der Waals surface area contributed by atoms with Crippen molar-refractivity contribution in [1.29, 1.82) is 0 Å². The van der Waals surface area contributed by atoms with E-state index in [1.54, 1.807) is 26.0 Å². The van der Waals surface area contributed by atoms with E-state index in [1.807, 2.05) is 30.3 Å². The maximum Gasteiger partial charge on any atom is 0.294 e. The molecule has 0 bridgehead atoms. The van der Waals surface area contributed by atoms with Gasteiger partial charge in [0.25, 0.3) is 5.91 Å². The fraction of sp³-hybridized carbons (Fsp3) is 0.115. The molecule has 6 nitrogen and oxygen atoms in total. The number of aromatic nitrogens is 1. The number of carbonyl (C=O) groups excluding carboxylic acids is 2. The van der Waals surface area contributed by atoms with Gasteiger partial charge in [0.1, 0.15) is 28.4 Å². The topological polar surface area (TPSA) is 83.6 Å². The van der Waals surface area contributed by atoms with Crippen molar-refractivity contribution in [3.05, 3.63) is 106 Å². The highest BCUT2D eigenvalue weighted by Crippen LogP contribution is 2.43. The minimum atomic E-state index is -1.06. The van der Waals surface area contributed by atoms with Gasteiger partial charge in [-0.1, -0.05) is 36.4 Å². The summed E-state index contributed by atoms with van der Waals surface area (Å²) >= 11 is 1.19. The first-order valence-corrected chi connectivity index (χ1v) is 11.3. The number of thiazole rings is 1. The van der Waals surface area contributed by atoms with Crippen molar-refractivity contribution in [3.8, 4) is 10.6 Å². The van der Waals surface area contributed by atoms with E-state index in [4.69, 9.17) is 4.42 Å². The number of hydrogen-bond acceptors (Lipinski definition) is 6. The molecule has 1 aliphatic heterocycles. The van der Waals surface area contributed by atoms with E-state index in [2.05, 4.69) is 4.98 Å². The molecular formula is C26H19FN2O4S. The predicted octanol–water partition coefficient (Wildman–Crippen LogP) is 5.94. The lowest BCUT2D eigenvalue weighted by Gasteiger charge is -2.25. The minimum absolute atomic E-state index is 0.130. The highest BCUT2D eigenvalue weighted by atomic mass is 32.1. The fourth-order valence-corrected chi connectivity index (χ4v) is 5.06. The summed E-state index contributed by atoms with van der Waals surface area (Å²) < 4.78 is 19.8. The van der Waals surface area contributed by atoms with Crippen LogP contribution in [-0.4, -0.2) is 21.8 Å². The normalized spacial score (nSPS) is 15.9. The summed E-state index contributed by atoms with van der Waals surface area (Å²) in [6.07, 6.45) is 0. The number of aryl methyl sites for hydroxylation is 2. The van der Waals surface area contributed by atoms with Gasteiger partial charge in [-0.3, -0.25) is 14.5 Å². The van der Waals surface area contributed by atoms with Gasteiger partial charge >= 0.3 is 0 Å². The number of hydrogen-bond donors (Lipinski definition) is 1. The van der Waals surface area contributed by atoms with Crippen LogP contribution in [0.1, 0.15) is 32.9 Å². The second-order valence-corrected chi connectivity index (χ2v) is 8.90. The van der Waals surface area contributed by atoms with Gasteiger partial charge in [0.2, 0.25) is 5.78 Å². The molecule has 5 rings (SSSR count). The predicted molar refractivity (Wildman–Crippen MR) is 126 cm³/mol. The molecule has 1 aliphatic rings. The molecule has 1 unspecified atom stereocenters. The van der Waals surface area contributed by atoms with E-state index < -0.39 is 29.3 Å². The number of benzene rings is 2. The molecule has 0 saturated heterocycles. The van der Waals surface area contributed by atoms with E-state index >= 15 is 0 Å². The van der Waals surface area contributed by atoms with Crippen LogP contribution in [-0.2, 0) is 4.79 Å². The number of Topliss-reactive ketones (excluding diaryl/α,β-unsaturated/α-hetero) is 1. The Kier molecular flexibility index (Phi) is 5.37. The maximum absolute atomic E-state index is 14.0. The zero-order chi connectivity index (χ0) is 24.0. The molecule has 0 fully saturated rings. The Bertz CT molecular complexity index is 1450. The first-order chi connectivity index (χ1) is 16.3. The SMILES string of the molecule is Cc1ccc(C2C(C(=O)c3sc(-c4ccccc4)nc3C)=C(O)C(=O)N2c2cccc(F)c2)o1. The summed E-state index contributed by atoms with van der Waals surface area (Å²) in [7, 11) is 0. The molecule has 4 aromatic rings. The number of rotatable bonds is 5. The van der Waals surface area contributed by atoms with E-state index in [-0.39, 0.29) is 17.0 Å². The fourth-order valence-electron chi connectivity index (χ4n) is 4.03. The number of furan rings is 1. The molecule has 0 aliphatic carbocycles. The quantitative estimate of drug-likeness (QED) is 0.362. The van der Waals surface area contributed by atoms with E-state index in [9.17, 15) is 19.1 Å². The van der Waals surface area contributed by atoms with Gasteiger partial charge in [0.15, 0.2) is 5.76 Å². The van der Waals surface area contributed by atoms with E-state index in [0.29, 0.717) is 21.3 Å². The number of carbonyl (C=O) groups is 2. The molecule has 0 spiro atoms. The van der Waals surface area contributed by atoms with Gasteiger partial charge in [-0.2, -0.15) is 0 Å². The molecule has 1 atom stereocenters. The van der Waals surface area contributed by atoms with Gasteiger partial charge < -0.3 is 9.52 Å². The van der Waals surface area contributed by atoms with Crippen molar-refractivity contribution in [2.75, 3.05) is 4.90 Å². The lowest BCUT2D eigenvalue weighted by atomic mass is 9.99. The molecule has 2 aromatic heterocycles. The highest BCUT2D eigenvalue weighted by Gasteiger charge is 2.47. The van der Waals surface area contributed by atoms with Crippen LogP contribution in [0.15, 0.2) is 82.5 Å². The van der Waals surface area contributed by atoms with Crippen LogP contribution in [0.4, 0.5) is 10.1 Å². The van der Waals surface area contributed by atoms with Crippen LogP contribution >= 0.6 is 11.3 Å². The van der Waals surface area contributed by atoms with Crippen molar-refractivity contribution in [2.45, 2.75) is 19.9 Å². The summed E-state index contributed by atoms with van der Waals surface area (Å²) in [5, 5.41) is 11.5. The number of amides is 1. The molecule has 8 heteroatoms. The van der Waals surface area contributed by atoms with Crippen molar-refractivity contribution in [1.82, 2.24) is 4.98 Å². The Labute approximate surface area is 198 Å². The average molecular weight is 475 g/mol. The standard InChI is InChI=1S/C26H19FN2O4S/c1-14-11-12-19(33-14)21-20(23(31)26(32)29(21)18-10-6-9-17(27)13-18)22(30)24-15(2)28-25(34-24)16-7-4-3-5-8-16/h3-13,21,31H,1-2H3. The van der Waals surface area contributed by atoms with Gasteiger partial charge in [-0.05, 0) is 44.2 Å². The Morgan fingerprint density at radius 3 is 2.53 bits per heavy atom. The zero-order valence-corrected chi connectivity index (χ0v) is 19.1. The Hall–Kier alpha value is -4.04. The van der Waals surface area contributed by atoms with Crippen LogP contribution in [0.5, 0.6) is 0 Å². The second-order valence-electron chi connectivity index (χ2n) is 7.90. The summed E-state index contributed by atoms with van der Waals surface area (Å²) in [5.74, 6) is -1.72. The third-order valence-corrected chi connectivity index (χ3v) is 6.80. The summed E-state index contributed by atoms with van der Waals surface area (Å²) in [5.41, 5.74) is 1.41. The lowest BCUT2D eigenvalue weighted by Crippen LogP contribution is -2.30. The molecule has 170 valence electrons. The molecule has 2 aromatic carbocycles. The van der Waals surface area contributed by atoms with Crippen molar-refractivity contribution in [3.63, 3.8) is 0 Å². The molecule has 3 heterocycles. The monoisotopic (exact) mass is 474 g/mol. The molecule has 0 saturated carbocycles. The van der Waals surface area contributed by atoms with Gasteiger partial charge in [-0.15, -0.1) is 11.3 Å². The smallest absolute Gasteiger partial charge is 0.294 e. The Morgan fingerprint density at radius 2 is 1.85 bits per heavy atom. The number of ketones is 1. The zero-order valence-electron chi connectivity index (χ0n) is 18.3. The number of nitrogens with zero attached hydrogens (tertiary/aromatic N) is 2. The van der Waals surface area contributed by atoms with Crippen LogP contribution < -0.4 is 4.90 Å². The van der Waals surface area contributed by atoms with Gasteiger partial charge in [0.05, 0.1) is 16.1 Å². The highest BCUT2D eigenvalue weighted by molar-refractivity contribution is 7.17. The van der Waals surface area contributed by atoms with Crippen LogP contribution in [0.25, 0.3) is 10.6 Å².